The Kier molecular flexibility index (Phi) is 5.90. The summed E-state index contributed by atoms with van der Waals surface area (Å²) in [5, 5.41) is 9.91. The van der Waals surface area contributed by atoms with E-state index in [-0.39, 0.29) is 24.0 Å². The normalized spacial score (nSPS) is 15.8. The molecule has 1 aliphatic heterocycles. The summed E-state index contributed by atoms with van der Waals surface area (Å²) in [4.78, 5) is 0.202. The molecule has 1 unspecified atom stereocenters. The number of nitrogen functional groups attached to an aromatic ring is 1. The van der Waals surface area contributed by atoms with Gasteiger partial charge >= 0.3 is 0 Å². The average Bonchev–Trinajstić information content (AvgIpc) is 3.16. The van der Waals surface area contributed by atoms with E-state index < -0.39 is 10.0 Å². The maximum Gasteiger partial charge on any atom is 0.264 e. The highest BCUT2D eigenvalue weighted by Crippen LogP contribution is 2.47. The Balaban J connectivity index is 1.76. The zero-order valence-corrected chi connectivity index (χ0v) is 19.0. The van der Waals surface area contributed by atoms with Crippen LogP contribution >= 0.6 is 22.6 Å². The lowest BCUT2D eigenvalue weighted by Gasteiger charge is -2.21. The van der Waals surface area contributed by atoms with Crippen LogP contribution in [0.3, 0.4) is 0 Å². The van der Waals surface area contributed by atoms with Crippen molar-refractivity contribution in [3.63, 3.8) is 0 Å². The van der Waals surface area contributed by atoms with Crippen LogP contribution in [0.5, 0.6) is 5.75 Å². The van der Waals surface area contributed by atoms with Crippen molar-refractivity contribution >= 4 is 44.0 Å². The maximum absolute atomic E-state index is 13.3. The summed E-state index contributed by atoms with van der Waals surface area (Å²) in [5.41, 5.74) is 8.99. The Morgan fingerprint density at radius 2 is 1.73 bits per heavy atom. The molecule has 4 rings (SSSR count). The Morgan fingerprint density at radius 1 is 1.10 bits per heavy atom. The van der Waals surface area contributed by atoms with Gasteiger partial charge in [0.2, 0.25) is 0 Å². The number of rotatable bonds is 6. The van der Waals surface area contributed by atoms with E-state index >= 15 is 0 Å². The summed E-state index contributed by atoms with van der Waals surface area (Å²) in [7, 11) is -3.79. The number of hydrogen-bond acceptors (Lipinski definition) is 5. The van der Waals surface area contributed by atoms with Gasteiger partial charge in [0.15, 0.2) is 0 Å². The van der Waals surface area contributed by atoms with Crippen LogP contribution in [0.4, 0.5) is 11.4 Å². The number of nitrogens with two attached hydrogens (primary N) is 1. The fourth-order valence-electron chi connectivity index (χ4n) is 3.58. The topological polar surface area (TPSA) is 92.9 Å². The first-order chi connectivity index (χ1) is 14.4. The molecule has 0 fully saturated rings. The molecule has 156 valence electrons. The van der Waals surface area contributed by atoms with E-state index in [1.807, 2.05) is 30.3 Å². The number of anilines is 2. The van der Waals surface area contributed by atoms with E-state index in [0.29, 0.717) is 27.3 Å². The number of halogens is 1. The van der Waals surface area contributed by atoms with Gasteiger partial charge in [-0.15, -0.1) is 0 Å². The molecule has 3 N–H and O–H groups in total. The van der Waals surface area contributed by atoms with Crippen molar-refractivity contribution in [3.8, 4) is 5.75 Å². The minimum absolute atomic E-state index is 0.153. The minimum Gasteiger partial charge on any atom is -0.487 e. The van der Waals surface area contributed by atoms with Crippen molar-refractivity contribution in [2.45, 2.75) is 17.4 Å². The van der Waals surface area contributed by atoms with E-state index in [2.05, 4.69) is 22.6 Å². The van der Waals surface area contributed by atoms with Gasteiger partial charge in [0.05, 0.1) is 22.9 Å². The van der Waals surface area contributed by atoms with Crippen LogP contribution in [-0.4, -0.2) is 26.7 Å². The van der Waals surface area contributed by atoms with Gasteiger partial charge in [0, 0.05) is 22.1 Å². The van der Waals surface area contributed by atoms with Crippen LogP contribution in [0.1, 0.15) is 17.0 Å². The van der Waals surface area contributed by atoms with Gasteiger partial charge in [0.1, 0.15) is 12.4 Å². The molecule has 3 aromatic carbocycles. The first-order valence-corrected chi connectivity index (χ1v) is 11.9. The molecule has 1 aliphatic rings. The number of fused-ring (bicyclic) bond motifs is 1. The summed E-state index contributed by atoms with van der Waals surface area (Å²) in [6.45, 7) is 0.295. The molecule has 0 radical (unpaired) electrons. The lowest BCUT2D eigenvalue weighted by molar-refractivity contribution is 0.271. The highest BCUT2D eigenvalue weighted by Gasteiger charge is 2.39. The summed E-state index contributed by atoms with van der Waals surface area (Å²) in [6, 6.07) is 19.6. The number of aliphatic hydroxyl groups excluding tert-OH is 1. The average molecular weight is 536 g/mol. The van der Waals surface area contributed by atoms with Gasteiger partial charge in [-0.05, 0) is 45.9 Å². The summed E-state index contributed by atoms with van der Waals surface area (Å²) in [6.07, 6.45) is 0. The zero-order valence-electron chi connectivity index (χ0n) is 16.0. The molecule has 30 heavy (non-hydrogen) atoms. The van der Waals surface area contributed by atoms with Gasteiger partial charge in [-0.2, -0.15) is 0 Å². The Labute approximate surface area is 189 Å². The number of ether oxygens (including phenoxy) is 1. The molecular formula is C22H21IN2O4S. The quantitative estimate of drug-likeness (QED) is 0.370. The lowest BCUT2D eigenvalue weighted by Crippen LogP contribution is -2.30. The van der Waals surface area contributed by atoms with E-state index in [1.54, 1.807) is 36.4 Å². The van der Waals surface area contributed by atoms with Crippen LogP contribution in [0.15, 0.2) is 71.6 Å². The number of aliphatic hydroxyl groups is 1. The van der Waals surface area contributed by atoms with Crippen LogP contribution < -0.4 is 14.8 Å². The molecular weight excluding hydrogens is 515 g/mol. The Hall–Kier alpha value is -2.30. The third kappa shape index (κ3) is 3.75. The van der Waals surface area contributed by atoms with Crippen molar-refractivity contribution < 1.29 is 18.3 Å². The monoisotopic (exact) mass is 536 g/mol. The molecule has 0 saturated carbocycles. The first kappa shape index (κ1) is 21.0. The Bertz CT molecular complexity index is 1150. The summed E-state index contributed by atoms with van der Waals surface area (Å²) < 4.78 is 34.6. The molecule has 1 heterocycles. The molecule has 1 atom stereocenters. The third-order valence-electron chi connectivity index (χ3n) is 5.13. The summed E-state index contributed by atoms with van der Waals surface area (Å²) >= 11 is 2.10. The molecule has 0 saturated heterocycles. The lowest BCUT2D eigenvalue weighted by atomic mass is 10.0. The number of benzene rings is 3. The van der Waals surface area contributed by atoms with Crippen LogP contribution in [0, 0.1) is 3.57 Å². The van der Waals surface area contributed by atoms with Crippen molar-refractivity contribution in [1.82, 2.24) is 0 Å². The zero-order chi connectivity index (χ0) is 21.3. The van der Waals surface area contributed by atoms with Crippen molar-refractivity contribution in [2.24, 2.45) is 0 Å². The minimum atomic E-state index is -3.79. The maximum atomic E-state index is 13.3. The molecule has 0 bridgehead atoms. The standard InChI is InChI=1S/C22H21IN2O4S/c23-21-20-16(13-26)12-25(30(27,28)17-9-5-2-6-10-17)18(20)11-19(22(21)24)29-14-15-7-3-1-4-8-15/h1-11,16,26H,12-14,24H2. The summed E-state index contributed by atoms with van der Waals surface area (Å²) in [5.74, 6) is 0.0738. The van der Waals surface area contributed by atoms with Gasteiger partial charge in [-0.3, -0.25) is 4.31 Å². The van der Waals surface area contributed by atoms with Crippen LogP contribution in [0.25, 0.3) is 0 Å². The van der Waals surface area contributed by atoms with Gasteiger partial charge in [-0.25, -0.2) is 8.42 Å². The SMILES string of the molecule is Nc1c(OCc2ccccc2)cc2c(c1I)C(CO)CN2S(=O)(=O)c1ccccc1. The smallest absolute Gasteiger partial charge is 0.264 e. The molecule has 8 heteroatoms. The largest absolute Gasteiger partial charge is 0.487 e. The van der Waals surface area contributed by atoms with Gasteiger partial charge in [0.25, 0.3) is 10.0 Å². The molecule has 0 amide bonds. The van der Waals surface area contributed by atoms with Crippen molar-refractivity contribution in [2.75, 3.05) is 23.2 Å². The van der Waals surface area contributed by atoms with E-state index in [0.717, 1.165) is 11.1 Å². The second kappa shape index (κ2) is 8.44. The number of sulfonamides is 1. The number of nitrogens with zero attached hydrogens (tertiary/aromatic N) is 1. The van der Waals surface area contributed by atoms with Crippen molar-refractivity contribution in [3.05, 3.63) is 81.4 Å². The van der Waals surface area contributed by atoms with E-state index in [4.69, 9.17) is 10.5 Å². The molecule has 0 aromatic heterocycles. The van der Waals surface area contributed by atoms with Crippen LogP contribution in [0.2, 0.25) is 0 Å². The third-order valence-corrected chi connectivity index (χ3v) is 8.09. The number of hydrogen-bond donors (Lipinski definition) is 2. The second-order valence-electron chi connectivity index (χ2n) is 7.04. The Morgan fingerprint density at radius 3 is 2.37 bits per heavy atom. The fourth-order valence-corrected chi connectivity index (χ4v) is 6.11. The van der Waals surface area contributed by atoms with Crippen LogP contribution in [-0.2, 0) is 16.6 Å². The molecule has 0 spiro atoms. The molecule has 6 nitrogen and oxygen atoms in total. The fraction of sp³-hybridized carbons (Fsp3) is 0.182. The first-order valence-electron chi connectivity index (χ1n) is 9.40. The van der Waals surface area contributed by atoms with E-state index in [9.17, 15) is 13.5 Å². The predicted octanol–water partition coefficient (Wildman–Crippen LogP) is 3.74. The highest BCUT2D eigenvalue weighted by atomic mass is 127. The highest BCUT2D eigenvalue weighted by molar-refractivity contribution is 14.1. The van der Waals surface area contributed by atoms with Gasteiger partial charge < -0.3 is 15.6 Å². The molecule has 3 aromatic rings. The van der Waals surface area contributed by atoms with Gasteiger partial charge in [-0.1, -0.05) is 48.5 Å². The second-order valence-corrected chi connectivity index (χ2v) is 9.98. The predicted molar refractivity (Wildman–Crippen MR) is 125 cm³/mol. The van der Waals surface area contributed by atoms with Crippen molar-refractivity contribution in [1.29, 1.82) is 0 Å². The molecule has 0 aliphatic carbocycles. The van der Waals surface area contributed by atoms with E-state index in [1.165, 1.54) is 4.31 Å².